The second-order valence-corrected chi connectivity index (χ2v) is 6.35. The molecule has 24 heavy (non-hydrogen) atoms. The van der Waals surface area contributed by atoms with E-state index in [-0.39, 0.29) is 22.6 Å². The maximum absolute atomic E-state index is 11.3. The molecule has 0 aromatic heterocycles. The summed E-state index contributed by atoms with van der Waals surface area (Å²) in [5, 5.41) is 20.5. The fourth-order valence-electron chi connectivity index (χ4n) is 3.43. The molecular formula is C16H21N3O5. The quantitative estimate of drug-likeness (QED) is 0.671. The zero-order valence-electron chi connectivity index (χ0n) is 13.8. The van der Waals surface area contributed by atoms with E-state index in [1.165, 1.54) is 12.0 Å². The van der Waals surface area contributed by atoms with Crippen LogP contribution in [0.5, 0.6) is 5.75 Å². The normalized spacial score (nSPS) is 20.8. The molecule has 1 saturated carbocycles. The van der Waals surface area contributed by atoms with E-state index >= 15 is 0 Å². The van der Waals surface area contributed by atoms with Gasteiger partial charge in [0.05, 0.1) is 23.3 Å². The van der Waals surface area contributed by atoms with Crippen molar-refractivity contribution >= 4 is 17.5 Å². The number of ether oxygens (including phenoxy) is 1. The number of carbonyl (C=O) groups is 1. The summed E-state index contributed by atoms with van der Waals surface area (Å²) in [6.07, 6.45) is 0.949. The third-order valence-corrected chi connectivity index (χ3v) is 4.75. The first-order valence-corrected chi connectivity index (χ1v) is 8.03. The minimum atomic E-state index is -0.920. The van der Waals surface area contributed by atoms with Crippen molar-refractivity contribution in [3.63, 3.8) is 0 Å². The summed E-state index contributed by atoms with van der Waals surface area (Å²) in [5.41, 5.74) is 1.59. The molecular weight excluding hydrogens is 314 g/mol. The zero-order chi connectivity index (χ0) is 17.4. The molecule has 8 nitrogen and oxygen atoms in total. The number of amides is 1. The number of nitrogens with zero attached hydrogens (tertiary/aromatic N) is 3. The molecule has 1 aromatic carbocycles. The smallest absolute Gasteiger partial charge is 0.407 e. The zero-order valence-corrected chi connectivity index (χ0v) is 13.8. The van der Waals surface area contributed by atoms with Gasteiger partial charge in [0.15, 0.2) is 5.75 Å². The predicted octanol–water partition coefficient (Wildman–Crippen LogP) is 2.67. The maximum Gasteiger partial charge on any atom is 0.407 e. The molecule has 1 aliphatic heterocycles. The predicted molar refractivity (Wildman–Crippen MR) is 88.0 cm³/mol. The van der Waals surface area contributed by atoms with Crippen molar-refractivity contribution in [2.24, 2.45) is 0 Å². The Balaban J connectivity index is 1.95. The van der Waals surface area contributed by atoms with Gasteiger partial charge in [0.2, 0.25) is 0 Å². The third kappa shape index (κ3) is 2.83. The van der Waals surface area contributed by atoms with Crippen molar-refractivity contribution in [1.82, 2.24) is 4.90 Å². The van der Waals surface area contributed by atoms with Crippen molar-refractivity contribution in [2.45, 2.75) is 31.7 Å². The molecule has 0 spiro atoms. The van der Waals surface area contributed by atoms with Gasteiger partial charge in [-0.05, 0) is 31.7 Å². The van der Waals surface area contributed by atoms with Crippen LogP contribution < -0.4 is 9.64 Å². The van der Waals surface area contributed by atoms with Gasteiger partial charge in [-0.25, -0.2) is 4.79 Å². The average Bonchev–Trinajstić information content (AvgIpc) is 3.37. The number of piperazine rings is 1. The van der Waals surface area contributed by atoms with Crippen molar-refractivity contribution in [3.8, 4) is 5.75 Å². The fourth-order valence-corrected chi connectivity index (χ4v) is 3.43. The highest BCUT2D eigenvalue weighted by Gasteiger charge is 2.37. The van der Waals surface area contributed by atoms with Crippen LogP contribution in [0.3, 0.4) is 0 Å². The number of rotatable bonds is 4. The van der Waals surface area contributed by atoms with Gasteiger partial charge < -0.3 is 19.6 Å². The largest absolute Gasteiger partial charge is 0.494 e. The summed E-state index contributed by atoms with van der Waals surface area (Å²) in [4.78, 5) is 25.7. The number of benzene rings is 1. The molecule has 130 valence electrons. The van der Waals surface area contributed by atoms with Gasteiger partial charge in [-0.15, -0.1) is 0 Å². The lowest BCUT2D eigenvalue weighted by molar-refractivity contribution is -0.385. The SMILES string of the molecule is COc1c(N2CCN(C(=O)O)C(C)C2)ccc([N+](=O)[O-])c1C1CC1. The van der Waals surface area contributed by atoms with Gasteiger partial charge in [0.25, 0.3) is 5.69 Å². The molecule has 1 atom stereocenters. The van der Waals surface area contributed by atoms with Crippen LogP contribution >= 0.6 is 0 Å². The minimum absolute atomic E-state index is 0.107. The van der Waals surface area contributed by atoms with Crippen LogP contribution in [-0.4, -0.2) is 53.8 Å². The molecule has 1 heterocycles. The Bertz CT molecular complexity index is 674. The first-order valence-electron chi connectivity index (χ1n) is 8.03. The summed E-state index contributed by atoms with van der Waals surface area (Å²) in [5.74, 6) is 0.737. The first-order chi connectivity index (χ1) is 11.4. The Morgan fingerprint density at radius 1 is 1.38 bits per heavy atom. The number of nitro groups is 1. The number of hydrogen-bond acceptors (Lipinski definition) is 5. The van der Waals surface area contributed by atoms with Crippen molar-refractivity contribution in [3.05, 3.63) is 27.8 Å². The Morgan fingerprint density at radius 3 is 2.58 bits per heavy atom. The lowest BCUT2D eigenvalue weighted by Crippen LogP contribution is -2.53. The molecule has 0 bridgehead atoms. The summed E-state index contributed by atoms with van der Waals surface area (Å²) >= 11 is 0. The minimum Gasteiger partial charge on any atom is -0.494 e. The second-order valence-electron chi connectivity index (χ2n) is 6.35. The standard InChI is InChI=1S/C16H21N3O5/c1-10-9-17(7-8-18(10)16(20)21)13-6-5-12(19(22)23)14(11-3-4-11)15(13)24-2/h5-6,10-11H,3-4,7-9H2,1-2H3,(H,20,21). The monoisotopic (exact) mass is 335 g/mol. The number of anilines is 1. The molecule has 0 radical (unpaired) electrons. The molecule has 1 aliphatic carbocycles. The Hall–Kier alpha value is -2.51. The molecule has 1 unspecified atom stereocenters. The Kier molecular flexibility index (Phi) is 4.21. The van der Waals surface area contributed by atoms with Crippen LogP contribution in [0, 0.1) is 10.1 Å². The Morgan fingerprint density at radius 2 is 2.08 bits per heavy atom. The lowest BCUT2D eigenvalue weighted by atomic mass is 10.0. The van der Waals surface area contributed by atoms with Gasteiger partial charge in [-0.1, -0.05) is 0 Å². The van der Waals surface area contributed by atoms with Gasteiger partial charge >= 0.3 is 6.09 Å². The fraction of sp³-hybridized carbons (Fsp3) is 0.562. The summed E-state index contributed by atoms with van der Waals surface area (Å²) in [6.45, 7) is 3.33. The van der Waals surface area contributed by atoms with E-state index in [1.807, 2.05) is 6.92 Å². The molecule has 2 aliphatic rings. The van der Waals surface area contributed by atoms with Crippen molar-refractivity contribution < 1.29 is 19.6 Å². The van der Waals surface area contributed by atoms with Gasteiger partial charge in [-0.2, -0.15) is 0 Å². The van der Waals surface area contributed by atoms with E-state index in [0.717, 1.165) is 18.5 Å². The van der Waals surface area contributed by atoms with Crippen LogP contribution in [0.15, 0.2) is 12.1 Å². The van der Waals surface area contributed by atoms with Crippen LogP contribution in [0.4, 0.5) is 16.2 Å². The highest BCUT2D eigenvalue weighted by molar-refractivity contribution is 5.70. The molecule has 2 fully saturated rings. The third-order valence-electron chi connectivity index (χ3n) is 4.75. The highest BCUT2D eigenvalue weighted by Crippen LogP contribution is 2.51. The lowest BCUT2D eigenvalue weighted by Gasteiger charge is -2.40. The van der Waals surface area contributed by atoms with Crippen LogP contribution in [0.25, 0.3) is 0 Å². The van der Waals surface area contributed by atoms with E-state index in [1.54, 1.807) is 12.1 Å². The van der Waals surface area contributed by atoms with Gasteiger partial charge in [0, 0.05) is 31.7 Å². The summed E-state index contributed by atoms with van der Waals surface area (Å²) in [6, 6.07) is 3.10. The van der Waals surface area contributed by atoms with E-state index in [0.29, 0.717) is 30.9 Å². The topological polar surface area (TPSA) is 96.2 Å². The molecule has 1 aromatic rings. The molecule has 8 heteroatoms. The molecule has 1 amide bonds. The first kappa shape index (κ1) is 16.4. The van der Waals surface area contributed by atoms with Crippen molar-refractivity contribution in [1.29, 1.82) is 0 Å². The van der Waals surface area contributed by atoms with Crippen LogP contribution in [-0.2, 0) is 0 Å². The van der Waals surface area contributed by atoms with Gasteiger partial charge in [-0.3, -0.25) is 10.1 Å². The highest BCUT2D eigenvalue weighted by atomic mass is 16.6. The maximum atomic E-state index is 11.3. The number of hydrogen-bond donors (Lipinski definition) is 1. The van der Waals surface area contributed by atoms with Gasteiger partial charge in [0.1, 0.15) is 0 Å². The molecule has 1 N–H and O–H groups in total. The van der Waals surface area contributed by atoms with E-state index in [4.69, 9.17) is 4.74 Å². The number of methoxy groups -OCH3 is 1. The van der Waals surface area contributed by atoms with E-state index < -0.39 is 6.09 Å². The number of carboxylic acid groups (broad SMARTS) is 1. The molecule has 3 rings (SSSR count). The number of nitro benzene ring substituents is 1. The van der Waals surface area contributed by atoms with E-state index in [9.17, 15) is 20.0 Å². The molecule has 1 saturated heterocycles. The van der Waals surface area contributed by atoms with Crippen LogP contribution in [0.2, 0.25) is 0 Å². The van der Waals surface area contributed by atoms with Crippen LogP contribution in [0.1, 0.15) is 31.2 Å². The second kappa shape index (κ2) is 6.18. The summed E-state index contributed by atoms with van der Waals surface area (Å²) in [7, 11) is 1.53. The summed E-state index contributed by atoms with van der Waals surface area (Å²) < 4.78 is 5.56. The van der Waals surface area contributed by atoms with E-state index in [2.05, 4.69) is 4.90 Å². The van der Waals surface area contributed by atoms with Crippen molar-refractivity contribution in [2.75, 3.05) is 31.6 Å². The average molecular weight is 335 g/mol. The Labute approximate surface area is 139 Å².